The van der Waals surface area contributed by atoms with Crippen molar-refractivity contribution < 1.29 is 23.8 Å². The molecule has 0 bridgehead atoms. The lowest BCUT2D eigenvalue weighted by atomic mass is 10.1. The quantitative estimate of drug-likeness (QED) is 0.695. The maximum Gasteiger partial charge on any atom is 0.235 e. The van der Waals surface area contributed by atoms with Crippen LogP contribution in [0.2, 0.25) is 0 Å². The van der Waals surface area contributed by atoms with Crippen molar-refractivity contribution in [2.24, 2.45) is 7.05 Å². The fourth-order valence-corrected chi connectivity index (χ4v) is 2.72. The molecular weight excluding hydrogens is 325 g/mol. The molecule has 130 valence electrons. The number of benzene rings is 1. The molecule has 0 fully saturated rings. The molecule has 3 rings (SSSR count). The average Bonchev–Trinajstić information content (AvgIpc) is 3.12. The van der Waals surface area contributed by atoms with Crippen molar-refractivity contribution in [1.29, 1.82) is 0 Å². The standard InChI is InChI=1S/C19H18FNO4/c1-3-12-9-16(17(22)14-10-21(2)19(24)18(14)23)25-15(12)8-11-4-6-13(20)7-5-11/h4-7,9-10,23-24H,3,8H2,1-2H3. The topological polar surface area (TPSA) is 75.6 Å². The number of halogens is 1. The van der Waals surface area contributed by atoms with Gasteiger partial charge in [-0.2, -0.15) is 0 Å². The number of hydrogen-bond donors (Lipinski definition) is 2. The summed E-state index contributed by atoms with van der Waals surface area (Å²) in [6, 6.07) is 7.73. The molecule has 2 heterocycles. The number of carbonyl (C=O) groups excluding carboxylic acids is 1. The lowest BCUT2D eigenvalue weighted by molar-refractivity contribution is 0.100. The Morgan fingerprint density at radius 2 is 1.92 bits per heavy atom. The SMILES string of the molecule is CCc1cc(C(=O)c2cn(C)c(O)c2O)oc1Cc1ccc(F)cc1. The monoisotopic (exact) mass is 343 g/mol. The molecular formula is C19H18FNO4. The molecule has 0 radical (unpaired) electrons. The van der Waals surface area contributed by atoms with Crippen LogP contribution >= 0.6 is 0 Å². The number of carbonyl (C=O) groups is 1. The van der Waals surface area contributed by atoms with Gasteiger partial charge in [-0.3, -0.25) is 4.79 Å². The van der Waals surface area contributed by atoms with Gasteiger partial charge in [-0.05, 0) is 35.7 Å². The fraction of sp³-hybridized carbons (Fsp3) is 0.211. The minimum Gasteiger partial charge on any atom is -0.503 e. The summed E-state index contributed by atoms with van der Waals surface area (Å²) in [5.41, 5.74) is 1.71. The third kappa shape index (κ3) is 3.15. The highest BCUT2D eigenvalue weighted by atomic mass is 19.1. The molecule has 0 saturated carbocycles. The maximum absolute atomic E-state index is 13.0. The van der Waals surface area contributed by atoms with Gasteiger partial charge in [0.1, 0.15) is 11.6 Å². The second-order valence-corrected chi connectivity index (χ2v) is 5.87. The summed E-state index contributed by atoms with van der Waals surface area (Å²) in [4.78, 5) is 12.6. The molecule has 0 amide bonds. The van der Waals surface area contributed by atoms with Crippen molar-refractivity contribution in [2.45, 2.75) is 19.8 Å². The van der Waals surface area contributed by atoms with Gasteiger partial charge in [0.25, 0.3) is 0 Å². The molecule has 0 aliphatic rings. The van der Waals surface area contributed by atoms with Crippen LogP contribution in [0.25, 0.3) is 0 Å². The van der Waals surface area contributed by atoms with Crippen LogP contribution in [0.4, 0.5) is 4.39 Å². The van der Waals surface area contributed by atoms with Crippen molar-refractivity contribution in [3.8, 4) is 11.6 Å². The summed E-state index contributed by atoms with van der Waals surface area (Å²) in [5.74, 6) is -0.950. The Morgan fingerprint density at radius 1 is 1.24 bits per heavy atom. The molecule has 0 aliphatic carbocycles. The van der Waals surface area contributed by atoms with Gasteiger partial charge in [-0.15, -0.1) is 0 Å². The minimum atomic E-state index is -0.506. The van der Waals surface area contributed by atoms with E-state index in [0.717, 1.165) is 11.1 Å². The number of aromatic nitrogens is 1. The van der Waals surface area contributed by atoms with E-state index >= 15 is 0 Å². The van der Waals surface area contributed by atoms with Crippen LogP contribution in [0.1, 0.15) is 39.9 Å². The van der Waals surface area contributed by atoms with E-state index in [-0.39, 0.29) is 23.0 Å². The van der Waals surface area contributed by atoms with Crippen molar-refractivity contribution in [3.05, 3.63) is 70.6 Å². The Hall–Kier alpha value is -3.02. The highest BCUT2D eigenvalue weighted by Crippen LogP contribution is 2.32. The second kappa shape index (κ2) is 6.47. The number of rotatable bonds is 5. The summed E-state index contributed by atoms with van der Waals surface area (Å²) in [7, 11) is 1.52. The van der Waals surface area contributed by atoms with Gasteiger partial charge in [0.2, 0.25) is 11.7 Å². The summed E-state index contributed by atoms with van der Waals surface area (Å²) in [5, 5.41) is 19.5. The largest absolute Gasteiger partial charge is 0.503 e. The zero-order chi connectivity index (χ0) is 18.1. The zero-order valence-corrected chi connectivity index (χ0v) is 13.9. The third-order valence-corrected chi connectivity index (χ3v) is 4.15. The van der Waals surface area contributed by atoms with Crippen LogP contribution in [-0.4, -0.2) is 20.6 Å². The number of aromatic hydroxyl groups is 2. The Kier molecular flexibility index (Phi) is 4.35. The molecule has 0 spiro atoms. The number of ketones is 1. The van der Waals surface area contributed by atoms with E-state index in [2.05, 4.69) is 0 Å². The molecule has 0 saturated heterocycles. The van der Waals surface area contributed by atoms with Crippen LogP contribution < -0.4 is 0 Å². The van der Waals surface area contributed by atoms with Crippen LogP contribution in [-0.2, 0) is 19.9 Å². The number of hydrogen-bond acceptors (Lipinski definition) is 4. The predicted molar refractivity (Wildman–Crippen MR) is 89.5 cm³/mol. The van der Waals surface area contributed by atoms with Gasteiger partial charge in [0.05, 0.1) is 5.56 Å². The van der Waals surface area contributed by atoms with E-state index in [0.29, 0.717) is 18.6 Å². The summed E-state index contributed by atoms with van der Waals surface area (Å²) >= 11 is 0. The van der Waals surface area contributed by atoms with E-state index in [1.165, 1.54) is 29.9 Å². The van der Waals surface area contributed by atoms with Crippen molar-refractivity contribution in [2.75, 3.05) is 0 Å². The van der Waals surface area contributed by atoms with E-state index in [1.54, 1.807) is 18.2 Å². The number of nitrogens with zero attached hydrogens (tertiary/aromatic N) is 1. The van der Waals surface area contributed by atoms with E-state index in [4.69, 9.17) is 4.42 Å². The highest BCUT2D eigenvalue weighted by Gasteiger charge is 2.24. The molecule has 3 aromatic rings. The van der Waals surface area contributed by atoms with Crippen LogP contribution in [0.3, 0.4) is 0 Å². The minimum absolute atomic E-state index is 0.0234. The Balaban J connectivity index is 1.93. The molecule has 2 N–H and O–H groups in total. The third-order valence-electron chi connectivity index (χ3n) is 4.15. The molecule has 0 aliphatic heterocycles. The lowest BCUT2D eigenvalue weighted by Crippen LogP contribution is -1.98. The molecule has 0 atom stereocenters. The van der Waals surface area contributed by atoms with E-state index in [1.807, 2.05) is 6.92 Å². The van der Waals surface area contributed by atoms with Crippen molar-refractivity contribution in [3.63, 3.8) is 0 Å². The maximum atomic E-state index is 13.0. The molecule has 6 heteroatoms. The van der Waals surface area contributed by atoms with Crippen LogP contribution in [0.5, 0.6) is 11.6 Å². The second-order valence-electron chi connectivity index (χ2n) is 5.87. The molecule has 5 nitrogen and oxygen atoms in total. The first kappa shape index (κ1) is 16.8. The van der Waals surface area contributed by atoms with Gasteiger partial charge in [0, 0.05) is 19.7 Å². The highest BCUT2D eigenvalue weighted by molar-refractivity contribution is 6.09. The first-order chi connectivity index (χ1) is 11.9. The fourth-order valence-electron chi connectivity index (χ4n) is 2.72. The first-order valence-electron chi connectivity index (χ1n) is 7.88. The van der Waals surface area contributed by atoms with Gasteiger partial charge in [0.15, 0.2) is 11.5 Å². The van der Waals surface area contributed by atoms with Crippen molar-refractivity contribution in [1.82, 2.24) is 4.57 Å². The summed E-state index contributed by atoms with van der Waals surface area (Å²) < 4.78 is 20.0. The Bertz CT molecular complexity index is 922. The van der Waals surface area contributed by atoms with Crippen molar-refractivity contribution >= 4 is 5.78 Å². The normalized spacial score (nSPS) is 11.0. The van der Waals surface area contributed by atoms with Gasteiger partial charge in [-0.25, -0.2) is 4.39 Å². The van der Waals surface area contributed by atoms with E-state index < -0.39 is 11.5 Å². The Labute approximate surface area is 143 Å². The molecule has 1 aromatic carbocycles. The average molecular weight is 343 g/mol. The molecule has 2 aromatic heterocycles. The van der Waals surface area contributed by atoms with Gasteiger partial charge < -0.3 is 19.2 Å². The summed E-state index contributed by atoms with van der Waals surface area (Å²) in [6.45, 7) is 1.94. The van der Waals surface area contributed by atoms with E-state index in [9.17, 15) is 19.4 Å². The Morgan fingerprint density at radius 3 is 2.48 bits per heavy atom. The van der Waals surface area contributed by atoms with Crippen LogP contribution in [0.15, 0.2) is 40.9 Å². The molecule has 0 unspecified atom stereocenters. The zero-order valence-electron chi connectivity index (χ0n) is 13.9. The number of furan rings is 1. The van der Waals surface area contributed by atoms with Gasteiger partial charge >= 0.3 is 0 Å². The smallest absolute Gasteiger partial charge is 0.235 e. The summed E-state index contributed by atoms with van der Waals surface area (Å²) in [6.07, 6.45) is 2.45. The molecule has 25 heavy (non-hydrogen) atoms. The number of aryl methyl sites for hydroxylation is 2. The van der Waals surface area contributed by atoms with Crippen LogP contribution in [0, 0.1) is 5.82 Å². The first-order valence-corrected chi connectivity index (χ1v) is 7.88. The lowest BCUT2D eigenvalue weighted by Gasteiger charge is -2.01. The van der Waals surface area contributed by atoms with Gasteiger partial charge in [-0.1, -0.05) is 19.1 Å². The predicted octanol–water partition coefficient (Wildman–Crippen LogP) is 3.55.